The SMILES string of the molecule is CCCC1CCC(N)C(CC2CCCO2)C1. The van der Waals surface area contributed by atoms with E-state index in [1.165, 1.54) is 51.4 Å². The van der Waals surface area contributed by atoms with Gasteiger partial charge in [-0.25, -0.2) is 0 Å². The van der Waals surface area contributed by atoms with Crippen LogP contribution in [0.3, 0.4) is 0 Å². The highest BCUT2D eigenvalue weighted by molar-refractivity contribution is 4.85. The first kappa shape index (κ1) is 12.4. The van der Waals surface area contributed by atoms with Crippen molar-refractivity contribution < 1.29 is 4.74 Å². The van der Waals surface area contributed by atoms with Crippen LogP contribution >= 0.6 is 0 Å². The van der Waals surface area contributed by atoms with Crippen molar-refractivity contribution in [1.82, 2.24) is 0 Å². The Morgan fingerprint density at radius 1 is 1.25 bits per heavy atom. The third-order valence-corrected chi connectivity index (χ3v) is 4.44. The van der Waals surface area contributed by atoms with Gasteiger partial charge in [0.25, 0.3) is 0 Å². The van der Waals surface area contributed by atoms with E-state index in [0.29, 0.717) is 12.1 Å². The fourth-order valence-corrected chi connectivity index (χ4v) is 3.49. The van der Waals surface area contributed by atoms with Crippen molar-refractivity contribution in [2.45, 2.75) is 70.4 Å². The summed E-state index contributed by atoms with van der Waals surface area (Å²) < 4.78 is 5.74. The van der Waals surface area contributed by atoms with Gasteiger partial charge in [-0.3, -0.25) is 0 Å². The third-order valence-electron chi connectivity index (χ3n) is 4.44. The van der Waals surface area contributed by atoms with E-state index in [1.807, 2.05) is 0 Å². The van der Waals surface area contributed by atoms with E-state index in [-0.39, 0.29) is 0 Å². The van der Waals surface area contributed by atoms with Crippen LogP contribution in [0.15, 0.2) is 0 Å². The Hall–Kier alpha value is -0.0800. The van der Waals surface area contributed by atoms with Crippen molar-refractivity contribution in [3.8, 4) is 0 Å². The molecule has 0 radical (unpaired) electrons. The van der Waals surface area contributed by atoms with E-state index in [4.69, 9.17) is 10.5 Å². The average molecular weight is 225 g/mol. The predicted molar refractivity (Wildman–Crippen MR) is 67.3 cm³/mol. The standard InChI is InChI=1S/C14H27NO/c1-2-4-11-6-7-14(15)12(9-11)10-13-5-3-8-16-13/h11-14H,2-10,15H2,1H3. The van der Waals surface area contributed by atoms with Gasteiger partial charge in [-0.05, 0) is 50.4 Å². The van der Waals surface area contributed by atoms with E-state index in [0.717, 1.165) is 18.4 Å². The molecule has 0 bridgehead atoms. The Labute approximate surface area is 99.9 Å². The Morgan fingerprint density at radius 3 is 2.81 bits per heavy atom. The van der Waals surface area contributed by atoms with Gasteiger partial charge in [0.1, 0.15) is 0 Å². The minimum Gasteiger partial charge on any atom is -0.378 e. The molecule has 0 aromatic rings. The van der Waals surface area contributed by atoms with E-state index in [1.54, 1.807) is 0 Å². The van der Waals surface area contributed by atoms with Crippen LogP contribution < -0.4 is 5.73 Å². The summed E-state index contributed by atoms with van der Waals surface area (Å²) in [5.41, 5.74) is 6.26. The predicted octanol–water partition coefficient (Wildman–Crippen LogP) is 3.10. The summed E-state index contributed by atoms with van der Waals surface area (Å²) in [5, 5.41) is 0. The van der Waals surface area contributed by atoms with Crippen molar-refractivity contribution >= 4 is 0 Å². The molecule has 4 atom stereocenters. The maximum Gasteiger partial charge on any atom is 0.0579 e. The number of ether oxygens (including phenoxy) is 1. The Morgan fingerprint density at radius 2 is 2.12 bits per heavy atom. The first-order valence-electron chi connectivity index (χ1n) is 7.16. The van der Waals surface area contributed by atoms with Crippen LogP contribution in [0.2, 0.25) is 0 Å². The van der Waals surface area contributed by atoms with Gasteiger partial charge in [0.15, 0.2) is 0 Å². The molecule has 2 fully saturated rings. The average Bonchev–Trinajstić information content (AvgIpc) is 2.76. The maximum absolute atomic E-state index is 6.26. The van der Waals surface area contributed by atoms with Gasteiger partial charge < -0.3 is 10.5 Å². The monoisotopic (exact) mass is 225 g/mol. The molecule has 2 nitrogen and oxygen atoms in total. The van der Waals surface area contributed by atoms with E-state index in [2.05, 4.69) is 6.92 Å². The van der Waals surface area contributed by atoms with Gasteiger partial charge in [0, 0.05) is 12.6 Å². The van der Waals surface area contributed by atoms with Crippen molar-refractivity contribution in [3.05, 3.63) is 0 Å². The van der Waals surface area contributed by atoms with E-state index >= 15 is 0 Å². The summed E-state index contributed by atoms with van der Waals surface area (Å²) in [6.07, 6.45) is 10.9. The molecular weight excluding hydrogens is 198 g/mol. The lowest BCUT2D eigenvalue weighted by Crippen LogP contribution is -2.38. The summed E-state index contributed by atoms with van der Waals surface area (Å²) >= 11 is 0. The van der Waals surface area contributed by atoms with Gasteiger partial charge >= 0.3 is 0 Å². The third kappa shape index (κ3) is 3.21. The van der Waals surface area contributed by atoms with Crippen LogP contribution in [0.25, 0.3) is 0 Å². The van der Waals surface area contributed by atoms with Crippen LogP contribution in [0.5, 0.6) is 0 Å². The first-order chi connectivity index (χ1) is 7.79. The van der Waals surface area contributed by atoms with Gasteiger partial charge in [-0.2, -0.15) is 0 Å². The maximum atomic E-state index is 6.26. The molecule has 1 saturated carbocycles. The highest BCUT2D eigenvalue weighted by atomic mass is 16.5. The summed E-state index contributed by atoms with van der Waals surface area (Å²) in [4.78, 5) is 0. The van der Waals surface area contributed by atoms with Gasteiger partial charge in [0.2, 0.25) is 0 Å². The zero-order chi connectivity index (χ0) is 11.4. The molecule has 0 amide bonds. The second-order valence-corrected chi connectivity index (χ2v) is 5.76. The molecule has 0 spiro atoms. The highest BCUT2D eigenvalue weighted by Gasteiger charge is 2.30. The van der Waals surface area contributed by atoms with Crippen molar-refractivity contribution in [3.63, 3.8) is 0 Å². The molecule has 16 heavy (non-hydrogen) atoms. The molecule has 1 saturated heterocycles. The largest absolute Gasteiger partial charge is 0.378 e. The number of hydrogen-bond donors (Lipinski definition) is 1. The topological polar surface area (TPSA) is 35.2 Å². The first-order valence-corrected chi connectivity index (χ1v) is 7.16. The lowest BCUT2D eigenvalue weighted by atomic mass is 9.74. The molecule has 0 aromatic heterocycles. The fraction of sp³-hybridized carbons (Fsp3) is 1.00. The molecule has 2 N–H and O–H groups in total. The number of nitrogens with two attached hydrogens (primary N) is 1. The number of hydrogen-bond acceptors (Lipinski definition) is 2. The van der Waals surface area contributed by atoms with E-state index in [9.17, 15) is 0 Å². The number of rotatable bonds is 4. The molecule has 1 heterocycles. The second-order valence-electron chi connectivity index (χ2n) is 5.76. The van der Waals surface area contributed by atoms with Crippen molar-refractivity contribution in [1.29, 1.82) is 0 Å². The minimum atomic E-state index is 0.442. The fourth-order valence-electron chi connectivity index (χ4n) is 3.49. The molecule has 2 heteroatoms. The lowest BCUT2D eigenvalue weighted by Gasteiger charge is -2.35. The highest BCUT2D eigenvalue weighted by Crippen LogP contribution is 2.35. The summed E-state index contributed by atoms with van der Waals surface area (Å²) in [7, 11) is 0. The Balaban J connectivity index is 1.80. The smallest absolute Gasteiger partial charge is 0.0579 e. The molecule has 2 rings (SSSR count). The van der Waals surface area contributed by atoms with Crippen LogP contribution in [0.1, 0.15) is 58.3 Å². The molecule has 4 unspecified atom stereocenters. The second kappa shape index (κ2) is 6.02. The molecule has 0 aromatic carbocycles. The zero-order valence-corrected chi connectivity index (χ0v) is 10.7. The zero-order valence-electron chi connectivity index (χ0n) is 10.7. The summed E-state index contributed by atoms with van der Waals surface area (Å²) in [6.45, 7) is 3.27. The van der Waals surface area contributed by atoms with Crippen LogP contribution in [-0.2, 0) is 4.74 Å². The minimum absolute atomic E-state index is 0.442. The van der Waals surface area contributed by atoms with Crippen LogP contribution in [0.4, 0.5) is 0 Å². The Kier molecular flexibility index (Phi) is 4.66. The van der Waals surface area contributed by atoms with Crippen LogP contribution in [-0.4, -0.2) is 18.8 Å². The summed E-state index contributed by atoms with van der Waals surface area (Å²) in [5.74, 6) is 1.67. The van der Waals surface area contributed by atoms with Crippen molar-refractivity contribution in [2.24, 2.45) is 17.6 Å². The molecule has 1 aliphatic carbocycles. The molecule has 1 aliphatic heterocycles. The normalized spacial score (nSPS) is 40.1. The van der Waals surface area contributed by atoms with Gasteiger partial charge in [-0.15, -0.1) is 0 Å². The molecule has 94 valence electrons. The molecule has 2 aliphatic rings. The van der Waals surface area contributed by atoms with Gasteiger partial charge in [0.05, 0.1) is 6.10 Å². The van der Waals surface area contributed by atoms with E-state index < -0.39 is 0 Å². The quantitative estimate of drug-likeness (QED) is 0.798. The van der Waals surface area contributed by atoms with Crippen LogP contribution in [0, 0.1) is 11.8 Å². The lowest BCUT2D eigenvalue weighted by molar-refractivity contribution is 0.0714. The van der Waals surface area contributed by atoms with Crippen molar-refractivity contribution in [2.75, 3.05) is 6.61 Å². The Bertz CT molecular complexity index is 201. The van der Waals surface area contributed by atoms with Gasteiger partial charge in [-0.1, -0.05) is 19.8 Å². The molecular formula is C14H27NO. The summed E-state index contributed by atoms with van der Waals surface area (Å²) in [6, 6.07) is 0.442.